The van der Waals surface area contributed by atoms with Gasteiger partial charge in [0.25, 0.3) is 0 Å². The molecule has 110 valence electrons. The number of pyridine rings is 1. The van der Waals surface area contributed by atoms with Crippen molar-refractivity contribution in [1.82, 2.24) is 4.98 Å². The first-order valence-corrected chi connectivity index (χ1v) is 6.84. The Labute approximate surface area is 128 Å². The van der Waals surface area contributed by atoms with Gasteiger partial charge >= 0.3 is 0 Å². The lowest BCUT2D eigenvalue weighted by molar-refractivity contribution is 0.103. The van der Waals surface area contributed by atoms with Crippen LogP contribution < -0.4 is 9.47 Å². The first-order valence-electron chi connectivity index (χ1n) is 6.84. The second-order valence-corrected chi connectivity index (χ2v) is 4.80. The summed E-state index contributed by atoms with van der Waals surface area (Å²) in [6.07, 6.45) is 1.64. The van der Waals surface area contributed by atoms with Gasteiger partial charge in [-0.05, 0) is 53.9 Å². The summed E-state index contributed by atoms with van der Waals surface area (Å²) in [6.45, 7) is 0. The Bertz CT molecular complexity index is 825. The van der Waals surface area contributed by atoms with Crippen LogP contribution in [0.15, 0.2) is 54.7 Å². The summed E-state index contributed by atoms with van der Waals surface area (Å²) in [5.41, 5.74) is 1.02. The Morgan fingerprint density at radius 1 is 0.909 bits per heavy atom. The number of carbonyl (C=O) groups excluding carboxylic acids is 1. The first kappa shape index (κ1) is 14.1. The molecule has 0 saturated heterocycles. The Kier molecular flexibility index (Phi) is 3.74. The van der Waals surface area contributed by atoms with Crippen molar-refractivity contribution in [2.45, 2.75) is 0 Å². The summed E-state index contributed by atoms with van der Waals surface area (Å²) in [4.78, 5) is 16.9. The number of ketones is 1. The van der Waals surface area contributed by atoms with Crippen molar-refractivity contribution in [3.8, 4) is 11.5 Å². The number of carbonyl (C=O) groups is 1. The number of hydrogen-bond donors (Lipinski definition) is 0. The highest BCUT2D eigenvalue weighted by atomic mass is 16.5. The highest BCUT2D eigenvalue weighted by Gasteiger charge is 2.14. The molecule has 0 aliphatic rings. The lowest BCUT2D eigenvalue weighted by atomic mass is 10.0. The Hall–Kier alpha value is -2.88. The van der Waals surface area contributed by atoms with Crippen LogP contribution in [-0.2, 0) is 0 Å². The number of methoxy groups -OCH3 is 2. The van der Waals surface area contributed by atoms with E-state index in [1.165, 1.54) is 0 Å². The number of fused-ring (bicyclic) bond motifs is 1. The van der Waals surface area contributed by atoms with Gasteiger partial charge in [0.1, 0.15) is 17.2 Å². The molecule has 0 amide bonds. The fourth-order valence-electron chi connectivity index (χ4n) is 2.34. The molecule has 22 heavy (non-hydrogen) atoms. The van der Waals surface area contributed by atoms with E-state index in [4.69, 9.17) is 9.47 Å². The molecule has 4 nitrogen and oxygen atoms in total. The Balaban J connectivity index is 2.06. The van der Waals surface area contributed by atoms with Crippen LogP contribution in [-0.4, -0.2) is 25.0 Å². The number of ether oxygens (including phenoxy) is 2. The van der Waals surface area contributed by atoms with E-state index in [-0.39, 0.29) is 5.78 Å². The Morgan fingerprint density at radius 3 is 2.27 bits per heavy atom. The van der Waals surface area contributed by atoms with E-state index in [9.17, 15) is 4.79 Å². The molecule has 0 spiro atoms. The molecular formula is C18H15NO3. The normalized spacial score (nSPS) is 10.5. The molecule has 0 unspecified atom stereocenters. The quantitative estimate of drug-likeness (QED) is 0.691. The molecule has 0 fully saturated rings. The van der Waals surface area contributed by atoms with Crippen LogP contribution in [0.5, 0.6) is 11.5 Å². The zero-order valence-electron chi connectivity index (χ0n) is 12.4. The highest BCUT2D eigenvalue weighted by molar-refractivity contribution is 6.15. The second-order valence-electron chi connectivity index (χ2n) is 4.80. The molecule has 0 aliphatic heterocycles. The standard InChI is InChI=1S/C18H15NO3/c1-21-14-5-3-12(4-6-14)18(20)17-16-8-7-15(22-2)11-13(16)9-10-19-17/h3-11H,1-2H3. The maximum absolute atomic E-state index is 12.7. The largest absolute Gasteiger partial charge is 0.497 e. The maximum atomic E-state index is 12.7. The van der Waals surface area contributed by atoms with E-state index in [1.807, 2.05) is 24.3 Å². The number of aromatic nitrogens is 1. The third-order valence-electron chi connectivity index (χ3n) is 3.54. The minimum atomic E-state index is -0.113. The molecule has 4 heteroatoms. The van der Waals surface area contributed by atoms with Crippen molar-refractivity contribution in [2.24, 2.45) is 0 Å². The average molecular weight is 293 g/mol. The maximum Gasteiger partial charge on any atom is 0.211 e. The van der Waals surface area contributed by atoms with Gasteiger partial charge in [-0.1, -0.05) is 0 Å². The molecule has 0 radical (unpaired) electrons. The fourth-order valence-corrected chi connectivity index (χ4v) is 2.34. The molecule has 3 aromatic rings. The summed E-state index contributed by atoms with van der Waals surface area (Å²) >= 11 is 0. The number of nitrogens with zero attached hydrogens (tertiary/aromatic N) is 1. The van der Waals surface area contributed by atoms with Crippen LogP contribution in [0, 0.1) is 0 Å². The number of hydrogen-bond acceptors (Lipinski definition) is 4. The van der Waals surface area contributed by atoms with Crippen molar-refractivity contribution in [2.75, 3.05) is 14.2 Å². The van der Waals surface area contributed by atoms with Crippen LogP contribution in [0.4, 0.5) is 0 Å². The molecule has 0 saturated carbocycles. The molecule has 0 bridgehead atoms. The summed E-state index contributed by atoms with van der Waals surface area (Å²) in [5, 5.41) is 1.73. The molecule has 0 N–H and O–H groups in total. The van der Waals surface area contributed by atoms with Gasteiger partial charge in [-0.2, -0.15) is 0 Å². The summed E-state index contributed by atoms with van der Waals surface area (Å²) in [6, 6.07) is 14.5. The first-order chi connectivity index (χ1) is 10.7. The van der Waals surface area contributed by atoms with Gasteiger partial charge in [0.15, 0.2) is 0 Å². The van der Waals surface area contributed by atoms with Crippen molar-refractivity contribution in [3.63, 3.8) is 0 Å². The van der Waals surface area contributed by atoms with Gasteiger partial charge in [-0.15, -0.1) is 0 Å². The molecular weight excluding hydrogens is 278 g/mol. The highest BCUT2D eigenvalue weighted by Crippen LogP contribution is 2.24. The molecule has 1 heterocycles. The van der Waals surface area contributed by atoms with Gasteiger partial charge in [-0.25, -0.2) is 0 Å². The van der Waals surface area contributed by atoms with Gasteiger partial charge in [0.05, 0.1) is 14.2 Å². The average Bonchev–Trinajstić information content (AvgIpc) is 2.60. The van der Waals surface area contributed by atoms with Crippen LogP contribution in [0.3, 0.4) is 0 Å². The Morgan fingerprint density at radius 2 is 1.59 bits per heavy atom. The van der Waals surface area contributed by atoms with Crippen molar-refractivity contribution >= 4 is 16.6 Å². The zero-order chi connectivity index (χ0) is 15.5. The van der Waals surface area contributed by atoms with Gasteiger partial charge in [0, 0.05) is 17.1 Å². The molecule has 0 atom stereocenters. The van der Waals surface area contributed by atoms with E-state index in [0.717, 1.165) is 16.5 Å². The van der Waals surface area contributed by atoms with Crippen LogP contribution >= 0.6 is 0 Å². The van der Waals surface area contributed by atoms with E-state index in [1.54, 1.807) is 44.7 Å². The summed E-state index contributed by atoms with van der Waals surface area (Å²) < 4.78 is 10.3. The molecule has 1 aromatic heterocycles. The zero-order valence-corrected chi connectivity index (χ0v) is 12.4. The summed E-state index contributed by atoms with van der Waals surface area (Å²) in [7, 11) is 3.21. The van der Waals surface area contributed by atoms with E-state index in [0.29, 0.717) is 17.0 Å². The van der Waals surface area contributed by atoms with Crippen molar-refractivity contribution < 1.29 is 14.3 Å². The van der Waals surface area contributed by atoms with E-state index in [2.05, 4.69) is 4.98 Å². The predicted octanol–water partition coefficient (Wildman–Crippen LogP) is 3.48. The van der Waals surface area contributed by atoms with Gasteiger partial charge < -0.3 is 9.47 Å². The minimum absolute atomic E-state index is 0.113. The monoisotopic (exact) mass is 293 g/mol. The number of rotatable bonds is 4. The third-order valence-corrected chi connectivity index (χ3v) is 3.54. The van der Waals surface area contributed by atoms with Crippen molar-refractivity contribution in [3.05, 3.63) is 66.0 Å². The van der Waals surface area contributed by atoms with E-state index >= 15 is 0 Å². The molecule has 2 aromatic carbocycles. The van der Waals surface area contributed by atoms with E-state index < -0.39 is 0 Å². The van der Waals surface area contributed by atoms with Gasteiger partial charge in [-0.3, -0.25) is 9.78 Å². The van der Waals surface area contributed by atoms with Crippen LogP contribution in [0.2, 0.25) is 0 Å². The number of benzene rings is 2. The third kappa shape index (κ3) is 2.51. The summed E-state index contributed by atoms with van der Waals surface area (Å²) in [5.74, 6) is 1.35. The molecule has 3 rings (SSSR count). The van der Waals surface area contributed by atoms with Crippen molar-refractivity contribution in [1.29, 1.82) is 0 Å². The fraction of sp³-hybridized carbons (Fsp3) is 0.111. The smallest absolute Gasteiger partial charge is 0.211 e. The lowest BCUT2D eigenvalue weighted by Crippen LogP contribution is -2.05. The second kappa shape index (κ2) is 5.85. The molecule has 0 aliphatic carbocycles. The van der Waals surface area contributed by atoms with Crippen LogP contribution in [0.1, 0.15) is 16.1 Å². The van der Waals surface area contributed by atoms with Gasteiger partial charge in [0.2, 0.25) is 5.78 Å². The van der Waals surface area contributed by atoms with Crippen LogP contribution in [0.25, 0.3) is 10.8 Å². The topological polar surface area (TPSA) is 48.4 Å². The lowest BCUT2D eigenvalue weighted by Gasteiger charge is -2.07. The SMILES string of the molecule is COc1ccc(C(=O)c2nccc3cc(OC)ccc23)cc1. The minimum Gasteiger partial charge on any atom is -0.497 e. The predicted molar refractivity (Wildman–Crippen MR) is 84.7 cm³/mol.